The Kier molecular flexibility index (Phi) is 4.55. The molecule has 0 spiro atoms. The van der Waals surface area contributed by atoms with E-state index in [0.29, 0.717) is 17.8 Å². The number of aromatic nitrogens is 3. The van der Waals surface area contributed by atoms with Crippen LogP contribution in [0, 0.1) is 0 Å². The second-order valence-electron chi connectivity index (χ2n) is 4.74. The minimum Gasteiger partial charge on any atom is -0.494 e. The smallest absolute Gasteiger partial charge is 0.361 e. The van der Waals surface area contributed by atoms with Crippen LogP contribution in [-0.4, -0.2) is 34.3 Å². The van der Waals surface area contributed by atoms with Crippen LogP contribution in [-0.2, 0) is 4.74 Å². The molecule has 1 N–H and O–H groups in total. The van der Waals surface area contributed by atoms with Gasteiger partial charge in [0, 0.05) is 5.69 Å². The first-order valence-electron chi connectivity index (χ1n) is 7.50. The molecule has 0 unspecified atom stereocenters. The molecule has 1 aromatic carbocycles. The molecule has 3 aromatic rings. The summed E-state index contributed by atoms with van der Waals surface area (Å²) in [5.74, 6) is 0.599. The van der Waals surface area contributed by atoms with Gasteiger partial charge in [0.15, 0.2) is 0 Å². The molecule has 0 aliphatic carbocycles. The highest BCUT2D eigenvalue weighted by molar-refractivity contribution is 6.05. The SMILES string of the molecule is CCOC(=O)c1noc2ncnc(Nc3ccc(OCC)cc3)c12. The van der Waals surface area contributed by atoms with E-state index in [2.05, 4.69) is 20.4 Å². The van der Waals surface area contributed by atoms with Gasteiger partial charge in [-0.1, -0.05) is 5.16 Å². The summed E-state index contributed by atoms with van der Waals surface area (Å²) >= 11 is 0. The van der Waals surface area contributed by atoms with E-state index >= 15 is 0 Å². The molecule has 0 radical (unpaired) electrons. The molecule has 124 valence electrons. The number of benzene rings is 1. The summed E-state index contributed by atoms with van der Waals surface area (Å²) in [4.78, 5) is 20.1. The Morgan fingerprint density at radius 1 is 1.17 bits per heavy atom. The molecule has 2 aromatic heterocycles. The highest BCUT2D eigenvalue weighted by Crippen LogP contribution is 2.27. The van der Waals surface area contributed by atoms with Gasteiger partial charge in [-0.15, -0.1) is 0 Å². The van der Waals surface area contributed by atoms with Crippen molar-refractivity contribution in [3.05, 3.63) is 36.3 Å². The topological polar surface area (TPSA) is 99.4 Å². The number of hydrogen-bond donors (Lipinski definition) is 1. The van der Waals surface area contributed by atoms with E-state index in [1.54, 1.807) is 6.92 Å². The third-order valence-corrected chi connectivity index (χ3v) is 3.17. The maximum atomic E-state index is 12.0. The average molecular weight is 328 g/mol. The fourth-order valence-corrected chi connectivity index (χ4v) is 2.16. The number of nitrogens with zero attached hydrogens (tertiary/aromatic N) is 3. The van der Waals surface area contributed by atoms with Crippen molar-refractivity contribution in [2.24, 2.45) is 0 Å². The zero-order chi connectivity index (χ0) is 16.9. The van der Waals surface area contributed by atoms with Gasteiger partial charge in [0.1, 0.15) is 23.3 Å². The summed E-state index contributed by atoms with van der Waals surface area (Å²) in [5, 5.41) is 7.25. The Labute approximate surface area is 137 Å². The number of rotatable bonds is 6. The van der Waals surface area contributed by atoms with Crippen molar-refractivity contribution in [1.29, 1.82) is 0 Å². The monoisotopic (exact) mass is 328 g/mol. The molecule has 0 atom stereocenters. The number of esters is 1. The van der Waals surface area contributed by atoms with Crippen LogP contribution in [0.25, 0.3) is 11.1 Å². The summed E-state index contributed by atoms with van der Waals surface area (Å²) in [6, 6.07) is 7.36. The van der Waals surface area contributed by atoms with E-state index in [0.717, 1.165) is 11.4 Å². The van der Waals surface area contributed by atoms with Crippen LogP contribution in [0.5, 0.6) is 5.75 Å². The summed E-state index contributed by atoms with van der Waals surface area (Å²) in [6.45, 7) is 4.48. The van der Waals surface area contributed by atoms with Crippen LogP contribution in [0.3, 0.4) is 0 Å². The molecule has 0 fully saturated rings. The van der Waals surface area contributed by atoms with Crippen molar-refractivity contribution in [1.82, 2.24) is 15.1 Å². The summed E-state index contributed by atoms with van der Waals surface area (Å²) < 4.78 is 15.5. The number of hydrogen-bond acceptors (Lipinski definition) is 8. The molecule has 0 saturated carbocycles. The van der Waals surface area contributed by atoms with Crippen molar-refractivity contribution >= 4 is 28.6 Å². The maximum absolute atomic E-state index is 12.0. The predicted octanol–water partition coefficient (Wildman–Crippen LogP) is 2.94. The molecular formula is C16H16N4O4. The largest absolute Gasteiger partial charge is 0.494 e. The summed E-state index contributed by atoms with van der Waals surface area (Å²) in [5.41, 5.74) is 1.02. The maximum Gasteiger partial charge on any atom is 0.361 e. The first-order chi connectivity index (χ1) is 11.7. The molecule has 0 aliphatic heterocycles. The summed E-state index contributed by atoms with van der Waals surface area (Å²) in [7, 11) is 0. The highest BCUT2D eigenvalue weighted by Gasteiger charge is 2.22. The number of carbonyl (C=O) groups is 1. The van der Waals surface area contributed by atoms with Gasteiger partial charge in [0.25, 0.3) is 5.71 Å². The number of anilines is 2. The molecule has 8 heteroatoms. The lowest BCUT2D eigenvalue weighted by Crippen LogP contribution is -2.06. The van der Waals surface area contributed by atoms with Gasteiger partial charge in [-0.3, -0.25) is 0 Å². The Balaban J connectivity index is 1.94. The average Bonchev–Trinajstić information content (AvgIpc) is 3.02. The van der Waals surface area contributed by atoms with E-state index < -0.39 is 5.97 Å². The molecule has 0 bridgehead atoms. The van der Waals surface area contributed by atoms with Crippen molar-refractivity contribution in [2.45, 2.75) is 13.8 Å². The van der Waals surface area contributed by atoms with E-state index in [-0.39, 0.29) is 18.0 Å². The van der Waals surface area contributed by atoms with Gasteiger partial charge in [0.05, 0.1) is 13.2 Å². The van der Waals surface area contributed by atoms with Gasteiger partial charge in [-0.05, 0) is 38.1 Å². The van der Waals surface area contributed by atoms with Crippen LogP contribution in [0.2, 0.25) is 0 Å². The Morgan fingerprint density at radius 3 is 2.67 bits per heavy atom. The van der Waals surface area contributed by atoms with Crippen LogP contribution in [0.15, 0.2) is 35.1 Å². The van der Waals surface area contributed by atoms with E-state index in [1.807, 2.05) is 31.2 Å². The quantitative estimate of drug-likeness (QED) is 0.689. The zero-order valence-corrected chi connectivity index (χ0v) is 13.3. The van der Waals surface area contributed by atoms with Crippen molar-refractivity contribution in [2.75, 3.05) is 18.5 Å². The van der Waals surface area contributed by atoms with Gasteiger partial charge in [-0.2, -0.15) is 4.98 Å². The standard InChI is InChI=1S/C16H16N4O4/c1-3-22-11-7-5-10(6-8-11)19-14-12-13(16(21)23-4-2)20-24-15(12)18-9-17-14/h5-9H,3-4H2,1-2H3,(H,17,18,19). The van der Waals surface area contributed by atoms with Gasteiger partial charge < -0.3 is 19.3 Å². The fourth-order valence-electron chi connectivity index (χ4n) is 2.16. The number of fused-ring (bicyclic) bond motifs is 1. The molecule has 0 amide bonds. The lowest BCUT2D eigenvalue weighted by molar-refractivity contribution is 0.0517. The number of nitrogens with one attached hydrogen (secondary N) is 1. The molecule has 0 saturated heterocycles. The van der Waals surface area contributed by atoms with Crippen molar-refractivity contribution < 1.29 is 18.8 Å². The van der Waals surface area contributed by atoms with Crippen molar-refractivity contribution in [3.8, 4) is 5.75 Å². The second kappa shape index (κ2) is 6.95. The number of ether oxygens (including phenoxy) is 2. The summed E-state index contributed by atoms with van der Waals surface area (Å²) in [6.07, 6.45) is 1.33. The molecular weight excluding hydrogens is 312 g/mol. The van der Waals surface area contributed by atoms with Gasteiger partial charge >= 0.3 is 5.97 Å². The normalized spacial score (nSPS) is 10.6. The third-order valence-electron chi connectivity index (χ3n) is 3.17. The minimum atomic E-state index is -0.583. The van der Waals surface area contributed by atoms with Crippen LogP contribution < -0.4 is 10.1 Å². The lowest BCUT2D eigenvalue weighted by Gasteiger charge is -2.08. The van der Waals surface area contributed by atoms with Crippen LogP contribution >= 0.6 is 0 Å². The van der Waals surface area contributed by atoms with Gasteiger partial charge in [0.2, 0.25) is 5.69 Å². The predicted molar refractivity (Wildman–Crippen MR) is 86.4 cm³/mol. The Hall–Kier alpha value is -3.16. The van der Waals surface area contributed by atoms with Crippen LogP contribution in [0.1, 0.15) is 24.3 Å². The first kappa shape index (κ1) is 15.7. The van der Waals surface area contributed by atoms with E-state index in [1.165, 1.54) is 6.33 Å². The fraction of sp³-hybridized carbons (Fsp3) is 0.250. The first-order valence-corrected chi connectivity index (χ1v) is 7.50. The Morgan fingerprint density at radius 2 is 1.96 bits per heavy atom. The van der Waals surface area contributed by atoms with Crippen LogP contribution in [0.4, 0.5) is 11.5 Å². The highest BCUT2D eigenvalue weighted by atomic mass is 16.5. The van der Waals surface area contributed by atoms with E-state index in [4.69, 9.17) is 14.0 Å². The molecule has 0 aliphatic rings. The molecule has 3 rings (SSSR count). The van der Waals surface area contributed by atoms with E-state index in [9.17, 15) is 4.79 Å². The molecule has 8 nitrogen and oxygen atoms in total. The molecule has 24 heavy (non-hydrogen) atoms. The number of carbonyl (C=O) groups excluding carboxylic acids is 1. The van der Waals surface area contributed by atoms with Gasteiger partial charge in [-0.25, -0.2) is 9.78 Å². The third kappa shape index (κ3) is 3.12. The van der Waals surface area contributed by atoms with Crippen molar-refractivity contribution in [3.63, 3.8) is 0 Å². The lowest BCUT2D eigenvalue weighted by atomic mass is 10.2. The minimum absolute atomic E-state index is 0.0425. The zero-order valence-electron chi connectivity index (χ0n) is 13.3. The molecule has 2 heterocycles. The second-order valence-corrected chi connectivity index (χ2v) is 4.74. The Bertz CT molecular complexity index is 845.